The van der Waals surface area contributed by atoms with Crippen LogP contribution in [0, 0.1) is 10.5 Å². The number of rotatable bonds is 8. The molecule has 166 valence electrons. The summed E-state index contributed by atoms with van der Waals surface area (Å²) in [4.78, 5) is 12.3. The van der Waals surface area contributed by atoms with Crippen LogP contribution >= 0.6 is 45.8 Å². The van der Waals surface area contributed by atoms with Crippen LogP contribution < -0.4 is 14.9 Å². The maximum absolute atomic E-state index is 12.3. The Morgan fingerprint density at radius 3 is 2.62 bits per heavy atom. The molecule has 5 nitrogen and oxygen atoms in total. The largest absolute Gasteiger partial charge is 0.490 e. The van der Waals surface area contributed by atoms with E-state index in [1.807, 2.05) is 50.2 Å². The van der Waals surface area contributed by atoms with Gasteiger partial charge in [-0.05, 0) is 77.9 Å². The highest BCUT2D eigenvalue weighted by Crippen LogP contribution is 2.35. The van der Waals surface area contributed by atoms with Crippen molar-refractivity contribution >= 4 is 57.9 Å². The van der Waals surface area contributed by atoms with Crippen LogP contribution in [0.2, 0.25) is 10.0 Å². The van der Waals surface area contributed by atoms with E-state index in [9.17, 15) is 4.79 Å². The van der Waals surface area contributed by atoms with Crippen molar-refractivity contribution in [1.29, 1.82) is 0 Å². The van der Waals surface area contributed by atoms with Crippen LogP contribution in [0.5, 0.6) is 11.5 Å². The van der Waals surface area contributed by atoms with Crippen LogP contribution in [-0.2, 0) is 6.61 Å². The number of hydrogen-bond acceptors (Lipinski definition) is 4. The Labute approximate surface area is 210 Å². The van der Waals surface area contributed by atoms with E-state index in [4.69, 9.17) is 32.7 Å². The van der Waals surface area contributed by atoms with Gasteiger partial charge in [0.25, 0.3) is 5.91 Å². The first-order chi connectivity index (χ1) is 15.4. The second-order valence-electron chi connectivity index (χ2n) is 6.80. The Balaban J connectivity index is 1.75. The third-order valence-corrected chi connectivity index (χ3v) is 5.88. The van der Waals surface area contributed by atoms with Crippen molar-refractivity contribution in [2.24, 2.45) is 5.10 Å². The summed E-state index contributed by atoms with van der Waals surface area (Å²) in [6.45, 7) is 4.52. The minimum atomic E-state index is -0.265. The third-order valence-electron chi connectivity index (χ3n) is 4.49. The summed E-state index contributed by atoms with van der Waals surface area (Å²) >= 11 is 14.4. The highest BCUT2D eigenvalue weighted by atomic mass is 127. The van der Waals surface area contributed by atoms with E-state index in [0.717, 1.165) is 20.3 Å². The van der Waals surface area contributed by atoms with E-state index in [2.05, 4.69) is 33.1 Å². The van der Waals surface area contributed by atoms with Gasteiger partial charge in [0.05, 0.1) is 16.4 Å². The molecule has 0 bridgehead atoms. The zero-order valence-electron chi connectivity index (χ0n) is 17.5. The molecule has 0 aromatic heterocycles. The number of aryl methyl sites for hydroxylation is 1. The number of halogens is 3. The topological polar surface area (TPSA) is 59.9 Å². The fourth-order valence-corrected chi connectivity index (χ4v) is 4.15. The summed E-state index contributed by atoms with van der Waals surface area (Å²) in [6, 6.07) is 16.3. The molecule has 0 heterocycles. The van der Waals surface area contributed by atoms with E-state index >= 15 is 0 Å². The van der Waals surface area contributed by atoms with Gasteiger partial charge in [0.15, 0.2) is 11.5 Å². The minimum absolute atomic E-state index is 0.265. The molecule has 1 amide bonds. The molecule has 0 aliphatic heterocycles. The minimum Gasteiger partial charge on any atom is -0.490 e. The van der Waals surface area contributed by atoms with E-state index in [0.29, 0.717) is 33.7 Å². The molecule has 3 aromatic carbocycles. The molecule has 3 aromatic rings. The fraction of sp³-hybridized carbons (Fsp3) is 0.167. The van der Waals surface area contributed by atoms with Gasteiger partial charge >= 0.3 is 0 Å². The molecular formula is C24H21Cl2IN2O3. The molecule has 1 N–H and O–H groups in total. The Kier molecular flexibility index (Phi) is 8.78. The van der Waals surface area contributed by atoms with Crippen molar-refractivity contribution in [3.05, 3.63) is 90.5 Å². The lowest BCUT2D eigenvalue weighted by molar-refractivity contribution is 0.0954. The summed E-state index contributed by atoms with van der Waals surface area (Å²) in [7, 11) is 0. The number of carbonyl (C=O) groups is 1. The number of nitrogens with one attached hydrogen (secondary N) is 1. The second-order valence-corrected chi connectivity index (χ2v) is 8.81. The lowest BCUT2D eigenvalue weighted by atomic mass is 10.1. The van der Waals surface area contributed by atoms with Crippen molar-refractivity contribution < 1.29 is 14.3 Å². The summed E-state index contributed by atoms with van der Waals surface area (Å²) in [5.74, 6) is 0.926. The molecule has 0 radical (unpaired) electrons. The van der Waals surface area contributed by atoms with Gasteiger partial charge in [0.1, 0.15) is 6.61 Å². The first-order valence-corrected chi connectivity index (χ1v) is 11.6. The van der Waals surface area contributed by atoms with Gasteiger partial charge < -0.3 is 9.47 Å². The van der Waals surface area contributed by atoms with Gasteiger partial charge in [-0.2, -0.15) is 5.10 Å². The number of hydrogen-bond donors (Lipinski definition) is 1. The van der Waals surface area contributed by atoms with Gasteiger partial charge in [-0.1, -0.05) is 47.5 Å². The first kappa shape index (κ1) is 24.4. The SMILES string of the molecule is CCOc1cc(/C=N/NC(=O)c2ccccc2C)cc(I)c1OCc1ccc(Cl)cc1Cl. The average Bonchev–Trinajstić information content (AvgIpc) is 2.75. The van der Waals surface area contributed by atoms with Gasteiger partial charge in [-0.3, -0.25) is 4.79 Å². The quantitative estimate of drug-likeness (QED) is 0.184. The second kappa shape index (κ2) is 11.5. The van der Waals surface area contributed by atoms with Crippen LogP contribution in [-0.4, -0.2) is 18.7 Å². The zero-order valence-corrected chi connectivity index (χ0v) is 21.2. The number of benzene rings is 3. The van der Waals surface area contributed by atoms with Crippen molar-refractivity contribution in [2.75, 3.05) is 6.61 Å². The van der Waals surface area contributed by atoms with Crippen LogP contribution in [0.4, 0.5) is 0 Å². The van der Waals surface area contributed by atoms with Crippen LogP contribution in [0.25, 0.3) is 0 Å². The molecule has 0 aliphatic carbocycles. The van der Waals surface area contributed by atoms with Gasteiger partial charge in [-0.15, -0.1) is 0 Å². The number of ether oxygens (including phenoxy) is 2. The summed E-state index contributed by atoms with van der Waals surface area (Å²) < 4.78 is 12.6. The van der Waals surface area contributed by atoms with E-state index in [1.165, 1.54) is 0 Å². The van der Waals surface area contributed by atoms with E-state index in [-0.39, 0.29) is 12.5 Å². The number of carbonyl (C=O) groups excluding carboxylic acids is 1. The Morgan fingerprint density at radius 1 is 1.12 bits per heavy atom. The lowest BCUT2D eigenvalue weighted by Crippen LogP contribution is -2.18. The smallest absolute Gasteiger partial charge is 0.271 e. The van der Waals surface area contributed by atoms with Crippen molar-refractivity contribution in [3.8, 4) is 11.5 Å². The fourth-order valence-electron chi connectivity index (χ4n) is 2.91. The molecule has 0 saturated heterocycles. The third kappa shape index (κ3) is 6.37. The molecule has 0 atom stereocenters. The van der Waals surface area contributed by atoms with Crippen molar-refractivity contribution in [1.82, 2.24) is 5.43 Å². The van der Waals surface area contributed by atoms with Crippen LogP contribution in [0.15, 0.2) is 59.7 Å². The van der Waals surface area contributed by atoms with Crippen LogP contribution in [0.1, 0.15) is 34.0 Å². The Morgan fingerprint density at radius 2 is 1.91 bits per heavy atom. The standard InChI is InChI=1S/C24H21Cl2IN2O3/c1-3-31-22-11-16(13-28-29-24(30)19-7-5-4-6-15(19)2)10-21(27)23(22)32-14-17-8-9-18(25)12-20(17)26/h4-13H,3,14H2,1-2H3,(H,29,30)/b28-13+. The number of hydrazone groups is 1. The van der Waals surface area contributed by atoms with Gasteiger partial charge in [0.2, 0.25) is 0 Å². The summed E-state index contributed by atoms with van der Waals surface area (Å²) in [6.07, 6.45) is 1.57. The molecule has 0 aliphatic rings. The highest BCUT2D eigenvalue weighted by Gasteiger charge is 2.13. The Bertz CT molecular complexity index is 1150. The number of amides is 1. The van der Waals surface area contributed by atoms with Crippen molar-refractivity contribution in [3.63, 3.8) is 0 Å². The molecule has 32 heavy (non-hydrogen) atoms. The molecule has 0 spiro atoms. The lowest BCUT2D eigenvalue weighted by Gasteiger charge is -2.15. The van der Waals surface area contributed by atoms with E-state index in [1.54, 1.807) is 24.4 Å². The monoisotopic (exact) mass is 582 g/mol. The normalized spacial score (nSPS) is 10.9. The maximum Gasteiger partial charge on any atom is 0.271 e. The highest BCUT2D eigenvalue weighted by molar-refractivity contribution is 14.1. The van der Waals surface area contributed by atoms with Crippen LogP contribution in [0.3, 0.4) is 0 Å². The Hall–Kier alpha value is -2.29. The molecule has 0 saturated carbocycles. The van der Waals surface area contributed by atoms with Crippen molar-refractivity contribution in [2.45, 2.75) is 20.5 Å². The zero-order chi connectivity index (χ0) is 23.1. The summed E-state index contributed by atoms with van der Waals surface area (Å²) in [5, 5.41) is 5.20. The van der Waals surface area contributed by atoms with Gasteiger partial charge in [0, 0.05) is 21.2 Å². The molecule has 0 unspecified atom stereocenters. The average molecular weight is 583 g/mol. The maximum atomic E-state index is 12.3. The molecule has 0 fully saturated rings. The summed E-state index contributed by atoms with van der Waals surface area (Å²) in [5.41, 5.74) is 5.61. The molecular weight excluding hydrogens is 562 g/mol. The van der Waals surface area contributed by atoms with Gasteiger partial charge in [-0.25, -0.2) is 5.43 Å². The number of nitrogens with zero attached hydrogens (tertiary/aromatic N) is 1. The first-order valence-electron chi connectivity index (χ1n) is 9.81. The predicted molar refractivity (Wildman–Crippen MR) is 137 cm³/mol. The molecule has 3 rings (SSSR count). The predicted octanol–water partition coefficient (Wildman–Crippen LogP) is 6.65. The van der Waals surface area contributed by atoms with E-state index < -0.39 is 0 Å². The molecule has 8 heteroatoms.